The maximum absolute atomic E-state index is 12.4. The normalized spacial score (nSPS) is 13.8. The molecule has 2 amide bonds. The second kappa shape index (κ2) is 7.95. The highest BCUT2D eigenvalue weighted by molar-refractivity contribution is 5.95. The number of amides is 2. The molecule has 3 rings (SSSR count). The summed E-state index contributed by atoms with van der Waals surface area (Å²) >= 11 is 0. The number of carbonyl (C=O) groups is 2. The second-order valence-corrected chi connectivity index (χ2v) is 6.48. The molecule has 0 atom stereocenters. The summed E-state index contributed by atoms with van der Waals surface area (Å²) in [5.41, 5.74) is 2.19. The average Bonchev–Trinajstić information content (AvgIpc) is 3.07. The van der Waals surface area contributed by atoms with Crippen molar-refractivity contribution in [1.82, 2.24) is 20.2 Å². The summed E-state index contributed by atoms with van der Waals surface area (Å²) in [6.07, 6.45) is 3.04. The van der Waals surface area contributed by atoms with Crippen LogP contribution >= 0.6 is 0 Å². The molecule has 2 aromatic rings. The van der Waals surface area contributed by atoms with Crippen LogP contribution < -0.4 is 10.2 Å². The van der Waals surface area contributed by atoms with Gasteiger partial charge < -0.3 is 15.1 Å². The van der Waals surface area contributed by atoms with E-state index in [1.807, 2.05) is 43.3 Å². The molecule has 26 heavy (non-hydrogen) atoms. The number of hydrogen-bond acceptors (Lipinski definition) is 5. The predicted octanol–water partition coefficient (Wildman–Crippen LogP) is 1.56. The van der Waals surface area contributed by atoms with Crippen molar-refractivity contribution in [3.05, 3.63) is 42.2 Å². The molecule has 1 aliphatic heterocycles. The van der Waals surface area contributed by atoms with E-state index in [1.165, 1.54) is 6.33 Å². The zero-order valence-corrected chi connectivity index (χ0v) is 15.1. The number of anilines is 1. The van der Waals surface area contributed by atoms with Crippen molar-refractivity contribution in [3.63, 3.8) is 0 Å². The molecular weight excluding hydrogens is 330 g/mol. The molecule has 1 saturated heterocycles. The monoisotopic (exact) mass is 353 g/mol. The van der Waals surface area contributed by atoms with Gasteiger partial charge in [0.2, 0.25) is 5.91 Å². The van der Waals surface area contributed by atoms with E-state index in [2.05, 4.69) is 15.3 Å². The molecule has 1 aliphatic rings. The van der Waals surface area contributed by atoms with Crippen LogP contribution in [-0.2, 0) is 4.79 Å². The van der Waals surface area contributed by atoms with Gasteiger partial charge in [0.1, 0.15) is 12.1 Å². The fourth-order valence-corrected chi connectivity index (χ4v) is 2.92. The molecule has 1 N–H and O–H groups in total. The quantitative estimate of drug-likeness (QED) is 0.853. The van der Waals surface area contributed by atoms with Gasteiger partial charge in [-0.2, -0.15) is 0 Å². The number of hydrogen-bond donors (Lipinski definition) is 1. The molecule has 7 heteroatoms. The van der Waals surface area contributed by atoms with Crippen molar-refractivity contribution >= 4 is 17.6 Å². The lowest BCUT2D eigenvalue weighted by molar-refractivity contribution is -0.127. The molecule has 7 nitrogen and oxygen atoms in total. The maximum Gasteiger partial charge on any atom is 0.251 e. The lowest BCUT2D eigenvalue weighted by atomic mass is 10.1. The first-order valence-corrected chi connectivity index (χ1v) is 8.70. The van der Waals surface area contributed by atoms with Crippen LogP contribution in [0.3, 0.4) is 0 Å². The van der Waals surface area contributed by atoms with Gasteiger partial charge in [-0.3, -0.25) is 9.59 Å². The van der Waals surface area contributed by atoms with Crippen LogP contribution in [0.5, 0.6) is 0 Å². The highest BCUT2D eigenvalue weighted by Crippen LogP contribution is 2.21. The molecule has 0 saturated carbocycles. The molecule has 0 spiro atoms. The number of rotatable bonds is 6. The van der Waals surface area contributed by atoms with E-state index in [-0.39, 0.29) is 11.8 Å². The molecular formula is C19H23N5O2. The molecule has 0 radical (unpaired) electrons. The summed E-state index contributed by atoms with van der Waals surface area (Å²) < 4.78 is 0. The van der Waals surface area contributed by atoms with Crippen molar-refractivity contribution in [2.24, 2.45) is 0 Å². The van der Waals surface area contributed by atoms with Crippen molar-refractivity contribution in [2.45, 2.75) is 12.8 Å². The van der Waals surface area contributed by atoms with Gasteiger partial charge in [-0.25, -0.2) is 9.97 Å². The molecule has 1 aromatic carbocycles. The Morgan fingerprint density at radius 1 is 1.27 bits per heavy atom. The van der Waals surface area contributed by atoms with Crippen molar-refractivity contribution in [2.75, 3.05) is 38.6 Å². The van der Waals surface area contributed by atoms with Gasteiger partial charge in [0.05, 0.1) is 5.69 Å². The zero-order valence-electron chi connectivity index (χ0n) is 15.1. The van der Waals surface area contributed by atoms with E-state index < -0.39 is 0 Å². The average molecular weight is 353 g/mol. The summed E-state index contributed by atoms with van der Waals surface area (Å²) in [6.45, 7) is 1.79. The number of benzene rings is 1. The molecule has 0 unspecified atom stereocenters. The lowest BCUT2D eigenvalue weighted by Crippen LogP contribution is -2.35. The molecule has 1 fully saturated rings. The molecule has 0 bridgehead atoms. The fourth-order valence-electron chi connectivity index (χ4n) is 2.92. The number of carbonyl (C=O) groups excluding carboxylic acids is 2. The van der Waals surface area contributed by atoms with Crippen LogP contribution in [0.2, 0.25) is 0 Å². The van der Waals surface area contributed by atoms with E-state index in [1.54, 1.807) is 11.0 Å². The molecule has 1 aromatic heterocycles. The van der Waals surface area contributed by atoms with E-state index in [4.69, 9.17) is 0 Å². The summed E-state index contributed by atoms with van der Waals surface area (Å²) in [5.74, 6) is 0.822. The lowest BCUT2D eigenvalue weighted by Gasteiger charge is -2.15. The van der Waals surface area contributed by atoms with Gasteiger partial charge in [-0.1, -0.05) is 12.1 Å². The van der Waals surface area contributed by atoms with Gasteiger partial charge in [-0.05, 0) is 18.6 Å². The first-order chi connectivity index (χ1) is 12.5. The SMILES string of the molecule is CN(C)c1cc(-c2cccc(C(=O)NCCN3CCCC3=O)c2)ncn1. The Balaban J connectivity index is 1.65. The Bertz CT molecular complexity index is 806. The Hall–Kier alpha value is -2.96. The number of likely N-dealkylation sites (tertiary alicyclic amines) is 1. The second-order valence-electron chi connectivity index (χ2n) is 6.48. The maximum atomic E-state index is 12.4. The minimum Gasteiger partial charge on any atom is -0.363 e. The van der Waals surface area contributed by atoms with Crippen LogP contribution in [-0.4, -0.2) is 60.4 Å². The highest BCUT2D eigenvalue weighted by Gasteiger charge is 2.19. The van der Waals surface area contributed by atoms with Crippen molar-refractivity contribution in [1.29, 1.82) is 0 Å². The fraction of sp³-hybridized carbons (Fsp3) is 0.368. The van der Waals surface area contributed by atoms with E-state index in [9.17, 15) is 9.59 Å². The van der Waals surface area contributed by atoms with E-state index >= 15 is 0 Å². The minimum atomic E-state index is -0.152. The Morgan fingerprint density at radius 2 is 2.12 bits per heavy atom. The highest BCUT2D eigenvalue weighted by atomic mass is 16.2. The third-order valence-electron chi connectivity index (χ3n) is 4.37. The number of nitrogens with zero attached hydrogens (tertiary/aromatic N) is 4. The van der Waals surface area contributed by atoms with Crippen molar-refractivity contribution < 1.29 is 9.59 Å². The summed E-state index contributed by atoms with van der Waals surface area (Å²) in [7, 11) is 3.84. The van der Waals surface area contributed by atoms with Gasteiger partial charge in [0, 0.05) is 57.3 Å². The van der Waals surface area contributed by atoms with Crippen molar-refractivity contribution in [3.8, 4) is 11.3 Å². The minimum absolute atomic E-state index is 0.152. The number of nitrogens with one attached hydrogen (secondary N) is 1. The predicted molar refractivity (Wildman–Crippen MR) is 99.9 cm³/mol. The largest absolute Gasteiger partial charge is 0.363 e. The third-order valence-corrected chi connectivity index (χ3v) is 4.37. The van der Waals surface area contributed by atoms with E-state index in [0.717, 1.165) is 30.0 Å². The molecule has 0 aliphatic carbocycles. The Kier molecular flexibility index (Phi) is 5.46. The summed E-state index contributed by atoms with van der Waals surface area (Å²) in [6, 6.07) is 9.23. The summed E-state index contributed by atoms with van der Waals surface area (Å²) in [5, 5.41) is 2.88. The first kappa shape index (κ1) is 17.8. The third kappa shape index (κ3) is 4.17. The standard InChI is InChI=1S/C19H23N5O2/c1-23(2)17-12-16(21-13-22-17)14-5-3-6-15(11-14)19(26)20-8-10-24-9-4-7-18(24)25/h3,5-6,11-13H,4,7-10H2,1-2H3,(H,20,26). The van der Waals surface area contributed by atoms with Crippen LogP contribution in [0, 0.1) is 0 Å². The Labute approximate surface area is 153 Å². The van der Waals surface area contributed by atoms with Gasteiger partial charge in [0.25, 0.3) is 5.91 Å². The smallest absolute Gasteiger partial charge is 0.251 e. The van der Waals surface area contributed by atoms with Gasteiger partial charge >= 0.3 is 0 Å². The van der Waals surface area contributed by atoms with Crippen LogP contribution in [0.25, 0.3) is 11.3 Å². The summed E-state index contributed by atoms with van der Waals surface area (Å²) in [4.78, 5) is 36.2. The van der Waals surface area contributed by atoms with Crippen LogP contribution in [0.15, 0.2) is 36.7 Å². The van der Waals surface area contributed by atoms with Crippen LogP contribution in [0.1, 0.15) is 23.2 Å². The van der Waals surface area contributed by atoms with Gasteiger partial charge in [-0.15, -0.1) is 0 Å². The zero-order chi connectivity index (χ0) is 18.5. The Morgan fingerprint density at radius 3 is 2.85 bits per heavy atom. The van der Waals surface area contributed by atoms with Gasteiger partial charge in [0.15, 0.2) is 0 Å². The van der Waals surface area contributed by atoms with E-state index in [0.29, 0.717) is 25.1 Å². The first-order valence-electron chi connectivity index (χ1n) is 8.70. The topological polar surface area (TPSA) is 78.4 Å². The molecule has 136 valence electrons. The van der Waals surface area contributed by atoms with Crippen LogP contribution in [0.4, 0.5) is 5.82 Å². The number of aromatic nitrogens is 2. The molecule has 2 heterocycles.